The van der Waals surface area contributed by atoms with E-state index in [1.54, 1.807) is 12.1 Å². The lowest BCUT2D eigenvalue weighted by atomic mass is 9.96. The number of nitrogens with zero attached hydrogens (tertiary/aromatic N) is 1. The number of carbonyl (C=O) groups is 1. The number of aryl methyl sites for hydroxylation is 3. The second kappa shape index (κ2) is 10.0. The molecule has 0 spiro atoms. The number of hydrogen-bond acceptors (Lipinski definition) is 3. The van der Waals surface area contributed by atoms with Crippen molar-refractivity contribution in [3.8, 4) is 0 Å². The minimum atomic E-state index is -3.53. The van der Waals surface area contributed by atoms with E-state index in [0.717, 1.165) is 17.4 Å². The van der Waals surface area contributed by atoms with Crippen molar-refractivity contribution in [1.29, 1.82) is 0 Å². The maximum absolute atomic E-state index is 12.4. The normalized spacial score (nSPS) is 12.5. The highest BCUT2D eigenvalue weighted by Crippen LogP contribution is 2.28. The number of anilines is 1. The van der Waals surface area contributed by atoms with E-state index in [9.17, 15) is 13.2 Å². The van der Waals surface area contributed by atoms with Gasteiger partial charge in [-0.25, -0.2) is 8.42 Å². The predicted molar refractivity (Wildman–Crippen MR) is 125 cm³/mol. The smallest absolute Gasteiger partial charge is 0.232 e. The summed E-state index contributed by atoms with van der Waals surface area (Å²) in [5.41, 5.74) is 5.04. The predicted octanol–water partition coefficient (Wildman–Crippen LogP) is 5.34. The Morgan fingerprint density at radius 2 is 1.67 bits per heavy atom. The molecule has 2 aromatic rings. The van der Waals surface area contributed by atoms with Gasteiger partial charge < -0.3 is 5.32 Å². The van der Waals surface area contributed by atoms with Crippen molar-refractivity contribution in [3.05, 3.63) is 62.6 Å². The van der Waals surface area contributed by atoms with Crippen molar-refractivity contribution in [2.45, 2.75) is 46.6 Å². The molecule has 0 fully saturated rings. The van der Waals surface area contributed by atoms with Crippen LogP contribution in [0.2, 0.25) is 10.0 Å². The van der Waals surface area contributed by atoms with E-state index in [1.165, 1.54) is 21.5 Å². The average Bonchev–Trinajstić information content (AvgIpc) is 2.63. The van der Waals surface area contributed by atoms with Crippen LogP contribution in [0.5, 0.6) is 0 Å². The van der Waals surface area contributed by atoms with Crippen LogP contribution in [0.25, 0.3) is 0 Å². The third-order valence-electron chi connectivity index (χ3n) is 5.08. The molecule has 0 radical (unpaired) electrons. The molecule has 0 aliphatic rings. The maximum Gasteiger partial charge on any atom is 0.232 e. The fourth-order valence-electron chi connectivity index (χ4n) is 3.35. The van der Waals surface area contributed by atoms with Crippen molar-refractivity contribution in [3.63, 3.8) is 0 Å². The van der Waals surface area contributed by atoms with Crippen LogP contribution >= 0.6 is 23.2 Å². The summed E-state index contributed by atoms with van der Waals surface area (Å²) in [6.07, 6.45) is 1.71. The Morgan fingerprint density at radius 3 is 2.27 bits per heavy atom. The SMILES string of the molecule is Cc1cc(C)c([C@@H](C)NC(=O)CCCN(c2ccc(Cl)c(Cl)c2)S(C)(=O)=O)cc1C. The van der Waals surface area contributed by atoms with Gasteiger partial charge in [-0.05, 0) is 74.6 Å². The molecular formula is C22H28Cl2N2O3S. The largest absolute Gasteiger partial charge is 0.350 e. The van der Waals surface area contributed by atoms with Gasteiger partial charge in [0.05, 0.1) is 28.0 Å². The van der Waals surface area contributed by atoms with E-state index in [0.29, 0.717) is 17.1 Å². The van der Waals surface area contributed by atoms with Crippen LogP contribution in [0, 0.1) is 20.8 Å². The number of rotatable bonds is 8. The van der Waals surface area contributed by atoms with Gasteiger partial charge in [0.25, 0.3) is 0 Å². The third kappa shape index (κ3) is 6.37. The summed E-state index contributed by atoms with van der Waals surface area (Å²) in [4.78, 5) is 12.4. The van der Waals surface area contributed by atoms with Crippen LogP contribution in [0.4, 0.5) is 5.69 Å². The second-order valence-corrected chi connectivity index (χ2v) is 10.3. The molecule has 0 heterocycles. The first-order valence-corrected chi connectivity index (χ1v) is 12.3. The molecule has 8 heteroatoms. The summed E-state index contributed by atoms with van der Waals surface area (Å²) in [5.74, 6) is -0.122. The molecule has 2 rings (SSSR count). The van der Waals surface area contributed by atoms with Gasteiger partial charge in [-0.15, -0.1) is 0 Å². The Bertz CT molecular complexity index is 1040. The van der Waals surface area contributed by atoms with Crippen LogP contribution in [-0.4, -0.2) is 27.1 Å². The van der Waals surface area contributed by atoms with Crippen molar-refractivity contribution >= 4 is 44.8 Å². The van der Waals surface area contributed by atoms with Crippen molar-refractivity contribution in [2.24, 2.45) is 0 Å². The number of halogens is 2. The van der Waals surface area contributed by atoms with Crippen LogP contribution in [-0.2, 0) is 14.8 Å². The summed E-state index contributed by atoms with van der Waals surface area (Å²) in [6, 6.07) is 8.76. The molecule has 0 saturated heterocycles. The van der Waals surface area contributed by atoms with Gasteiger partial charge in [-0.2, -0.15) is 0 Å². The zero-order chi connectivity index (χ0) is 22.6. The van der Waals surface area contributed by atoms with Gasteiger partial charge in [-0.3, -0.25) is 9.10 Å². The molecule has 1 N–H and O–H groups in total. The first kappa shape index (κ1) is 24.5. The zero-order valence-electron chi connectivity index (χ0n) is 17.9. The molecule has 5 nitrogen and oxygen atoms in total. The van der Waals surface area contributed by atoms with Gasteiger partial charge in [0.15, 0.2) is 0 Å². The lowest BCUT2D eigenvalue weighted by Gasteiger charge is -2.23. The Labute approximate surface area is 189 Å². The molecule has 0 bridgehead atoms. The minimum Gasteiger partial charge on any atom is -0.350 e. The highest BCUT2D eigenvalue weighted by molar-refractivity contribution is 7.92. The minimum absolute atomic E-state index is 0.122. The number of hydrogen-bond donors (Lipinski definition) is 1. The number of benzene rings is 2. The number of carbonyl (C=O) groups excluding carboxylic acids is 1. The highest BCUT2D eigenvalue weighted by Gasteiger charge is 2.19. The van der Waals surface area contributed by atoms with Gasteiger partial charge >= 0.3 is 0 Å². The summed E-state index contributed by atoms with van der Waals surface area (Å²) in [7, 11) is -3.53. The summed E-state index contributed by atoms with van der Waals surface area (Å²) in [6.45, 7) is 8.27. The molecule has 0 aromatic heterocycles. The van der Waals surface area contributed by atoms with Gasteiger partial charge in [0.1, 0.15) is 0 Å². The van der Waals surface area contributed by atoms with Crippen LogP contribution in [0.3, 0.4) is 0 Å². The fourth-order valence-corrected chi connectivity index (χ4v) is 4.60. The number of amides is 1. The van der Waals surface area contributed by atoms with Gasteiger partial charge in [-0.1, -0.05) is 35.3 Å². The lowest BCUT2D eigenvalue weighted by molar-refractivity contribution is -0.121. The Hall–Kier alpha value is -1.76. The fraction of sp³-hybridized carbons (Fsp3) is 0.409. The van der Waals surface area contributed by atoms with E-state index in [2.05, 4.69) is 31.3 Å². The summed E-state index contributed by atoms with van der Waals surface area (Å²) >= 11 is 11.9. The standard InChI is InChI=1S/C22H28Cl2N2O3S/c1-14-11-16(3)19(12-15(14)2)17(4)25-22(27)7-6-10-26(30(5,28)29)18-8-9-20(23)21(24)13-18/h8-9,11-13,17H,6-7,10H2,1-5H3,(H,25,27)/t17-/m1/s1. The van der Waals surface area contributed by atoms with E-state index >= 15 is 0 Å². The van der Waals surface area contributed by atoms with Crippen molar-refractivity contribution < 1.29 is 13.2 Å². The molecule has 2 aromatic carbocycles. The Kier molecular flexibility index (Phi) is 8.20. The van der Waals surface area contributed by atoms with E-state index < -0.39 is 10.0 Å². The molecule has 164 valence electrons. The Balaban J connectivity index is 2.00. The van der Waals surface area contributed by atoms with Gasteiger partial charge in [0, 0.05) is 13.0 Å². The number of nitrogens with one attached hydrogen (secondary N) is 1. The zero-order valence-corrected chi connectivity index (χ0v) is 20.2. The van der Waals surface area contributed by atoms with Crippen molar-refractivity contribution in [2.75, 3.05) is 17.1 Å². The molecule has 1 atom stereocenters. The first-order chi connectivity index (χ1) is 13.9. The highest BCUT2D eigenvalue weighted by atomic mass is 35.5. The van der Waals surface area contributed by atoms with Crippen LogP contribution in [0.1, 0.15) is 48.1 Å². The summed E-state index contributed by atoms with van der Waals surface area (Å²) in [5, 5.41) is 3.63. The van der Waals surface area contributed by atoms with Crippen LogP contribution in [0.15, 0.2) is 30.3 Å². The molecule has 0 aliphatic heterocycles. The monoisotopic (exact) mass is 470 g/mol. The summed E-state index contributed by atoms with van der Waals surface area (Å²) < 4.78 is 25.7. The molecule has 0 saturated carbocycles. The molecule has 0 aliphatic carbocycles. The first-order valence-electron chi connectivity index (χ1n) is 9.70. The molecule has 30 heavy (non-hydrogen) atoms. The molecule has 1 amide bonds. The second-order valence-electron chi connectivity index (χ2n) is 7.62. The topological polar surface area (TPSA) is 66.5 Å². The lowest BCUT2D eigenvalue weighted by Crippen LogP contribution is -2.32. The van der Waals surface area contributed by atoms with Crippen molar-refractivity contribution in [1.82, 2.24) is 5.32 Å². The van der Waals surface area contributed by atoms with E-state index in [-0.39, 0.29) is 29.9 Å². The Morgan fingerprint density at radius 1 is 1.03 bits per heavy atom. The molecular weight excluding hydrogens is 443 g/mol. The molecule has 0 unspecified atom stereocenters. The number of sulfonamides is 1. The quantitative estimate of drug-likeness (QED) is 0.565. The van der Waals surface area contributed by atoms with Gasteiger partial charge in [0.2, 0.25) is 15.9 Å². The van der Waals surface area contributed by atoms with Crippen LogP contribution < -0.4 is 9.62 Å². The third-order valence-corrected chi connectivity index (χ3v) is 7.02. The van der Waals surface area contributed by atoms with E-state index in [4.69, 9.17) is 23.2 Å². The van der Waals surface area contributed by atoms with E-state index in [1.807, 2.05) is 13.8 Å². The maximum atomic E-state index is 12.4. The average molecular weight is 471 g/mol.